The Morgan fingerprint density at radius 1 is 1.03 bits per heavy atom. The molecule has 0 aliphatic carbocycles. The molecule has 4 rings (SSSR count). The molecular formula is C25H23Cl2FN2O4S. The number of ether oxygens (including phenoxy) is 1. The Kier molecular flexibility index (Phi) is 7.66. The first kappa shape index (κ1) is 25.4. The Labute approximate surface area is 213 Å². The molecule has 0 saturated carbocycles. The van der Waals surface area contributed by atoms with Crippen LogP contribution in [0.5, 0.6) is 0 Å². The molecule has 184 valence electrons. The zero-order valence-corrected chi connectivity index (χ0v) is 21.1. The summed E-state index contributed by atoms with van der Waals surface area (Å²) < 4.78 is 46.4. The fourth-order valence-electron chi connectivity index (χ4n) is 4.22. The van der Waals surface area contributed by atoms with Gasteiger partial charge in [0, 0.05) is 34.7 Å². The van der Waals surface area contributed by atoms with Gasteiger partial charge in [0.25, 0.3) is 0 Å². The minimum Gasteiger partial charge on any atom is -0.465 e. The van der Waals surface area contributed by atoms with E-state index in [1.165, 1.54) is 6.07 Å². The van der Waals surface area contributed by atoms with E-state index in [-0.39, 0.29) is 29.0 Å². The number of likely N-dealkylation sites (tertiary alicyclic amines) is 1. The van der Waals surface area contributed by atoms with Crippen molar-refractivity contribution in [3.05, 3.63) is 99.3 Å². The number of hydrogen-bond acceptors (Lipinski definition) is 5. The van der Waals surface area contributed by atoms with Crippen molar-refractivity contribution in [3.8, 4) is 0 Å². The largest absolute Gasteiger partial charge is 0.465 e. The molecule has 1 aliphatic heterocycles. The van der Waals surface area contributed by atoms with E-state index in [1.807, 2.05) is 48.5 Å². The highest BCUT2D eigenvalue weighted by Crippen LogP contribution is 2.36. The van der Waals surface area contributed by atoms with Gasteiger partial charge in [-0.2, -0.15) is 0 Å². The van der Waals surface area contributed by atoms with E-state index in [2.05, 4.69) is 14.4 Å². The van der Waals surface area contributed by atoms with Crippen LogP contribution >= 0.6 is 23.2 Å². The predicted octanol–water partition coefficient (Wildman–Crippen LogP) is 5.38. The third-order valence-electron chi connectivity index (χ3n) is 5.82. The quantitative estimate of drug-likeness (QED) is 0.391. The highest BCUT2D eigenvalue weighted by atomic mass is 35.5. The van der Waals surface area contributed by atoms with Crippen LogP contribution in [0.4, 0.5) is 10.1 Å². The summed E-state index contributed by atoms with van der Waals surface area (Å²) in [6.07, 6.45) is 0. The Bertz CT molecular complexity index is 1270. The number of nitrogens with zero attached hydrogens (tertiary/aromatic N) is 1. The number of benzene rings is 3. The van der Waals surface area contributed by atoms with Gasteiger partial charge in [-0.25, -0.2) is 17.6 Å². The van der Waals surface area contributed by atoms with E-state index in [1.54, 1.807) is 0 Å². The molecule has 0 unspecified atom stereocenters. The summed E-state index contributed by atoms with van der Waals surface area (Å²) in [4.78, 5) is 13.9. The topological polar surface area (TPSA) is 75.7 Å². The van der Waals surface area contributed by atoms with Crippen LogP contribution in [0.2, 0.25) is 10.0 Å². The van der Waals surface area contributed by atoms with Gasteiger partial charge in [-0.15, -0.1) is 0 Å². The van der Waals surface area contributed by atoms with Crippen LogP contribution in [0.25, 0.3) is 0 Å². The minimum atomic E-state index is -3.73. The lowest BCUT2D eigenvalue weighted by Gasteiger charge is -2.44. The van der Waals surface area contributed by atoms with Crippen molar-refractivity contribution in [1.29, 1.82) is 0 Å². The Morgan fingerprint density at radius 3 is 2.09 bits per heavy atom. The standard InChI is InChI=1S/C25H23Cl2FN2O4S/c1-34-25(31)22-12-21(10-11-23(22)28)29-35(32,33)15-16-13-30(14-16)24(17-2-6-19(26)7-3-17)18-4-8-20(27)9-5-18/h2-12,16,24,29H,13-15H2,1H3. The molecule has 0 aromatic heterocycles. The first-order valence-electron chi connectivity index (χ1n) is 10.8. The maximum absolute atomic E-state index is 13.9. The van der Waals surface area contributed by atoms with Crippen molar-refractivity contribution in [2.75, 3.05) is 30.7 Å². The van der Waals surface area contributed by atoms with E-state index in [4.69, 9.17) is 23.2 Å². The molecule has 0 bridgehead atoms. The van der Waals surface area contributed by atoms with Crippen LogP contribution in [-0.2, 0) is 14.8 Å². The second kappa shape index (κ2) is 10.5. The number of hydrogen-bond donors (Lipinski definition) is 1. The van der Waals surface area contributed by atoms with E-state index in [9.17, 15) is 17.6 Å². The van der Waals surface area contributed by atoms with Crippen LogP contribution < -0.4 is 4.72 Å². The molecule has 1 heterocycles. The molecule has 3 aromatic rings. The molecule has 0 radical (unpaired) electrons. The molecule has 35 heavy (non-hydrogen) atoms. The first-order valence-corrected chi connectivity index (χ1v) is 13.2. The maximum atomic E-state index is 13.9. The molecule has 1 aliphatic rings. The Balaban J connectivity index is 1.45. The van der Waals surface area contributed by atoms with Crippen molar-refractivity contribution in [1.82, 2.24) is 4.90 Å². The molecule has 1 fully saturated rings. The van der Waals surface area contributed by atoms with Crippen molar-refractivity contribution in [3.63, 3.8) is 0 Å². The number of halogens is 3. The van der Waals surface area contributed by atoms with Crippen LogP contribution in [0.1, 0.15) is 27.5 Å². The summed E-state index contributed by atoms with van der Waals surface area (Å²) in [5.41, 5.74) is 1.84. The van der Waals surface area contributed by atoms with Gasteiger partial charge in [0.1, 0.15) is 5.82 Å². The normalized spacial score (nSPS) is 14.5. The monoisotopic (exact) mass is 536 g/mol. The second-order valence-electron chi connectivity index (χ2n) is 8.40. The molecule has 0 amide bonds. The van der Waals surface area contributed by atoms with Crippen LogP contribution in [0, 0.1) is 11.7 Å². The zero-order valence-electron chi connectivity index (χ0n) is 18.7. The van der Waals surface area contributed by atoms with Crippen LogP contribution in [0.15, 0.2) is 66.7 Å². The molecule has 1 saturated heterocycles. The summed E-state index contributed by atoms with van der Waals surface area (Å²) in [6.45, 7) is 1.13. The third-order valence-corrected chi connectivity index (χ3v) is 7.78. The highest BCUT2D eigenvalue weighted by molar-refractivity contribution is 7.92. The summed E-state index contributed by atoms with van der Waals surface area (Å²) in [5.74, 6) is -1.88. The van der Waals surface area contributed by atoms with Gasteiger partial charge in [-0.05, 0) is 53.6 Å². The van der Waals surface area contributed by atoms with Crippen molar-refractivity contribution < 1.29 is 22.3 Å². The SMILES string of the molecule is COC(=O)c1cc(NS(=O)(=O)CC2CN(C(c3ccc(Cl)cc3)c3ccc(Cl)cc3)C2)ccc1F. The summed E-state index contributed by atoms with van der Waals surface area (Å²) in [7, 11) is -2.61. The Hall–Kier alpha value is -2.65. The van der Waals surface area contributed by atoms with E-state index < -0.39 is 21.8 Å². The number of sulfonamides is 1. The molecular weight excluding hydrogens is 514 g/mol. The second-order valence-corrected chi connectivity index (χ2v) is 11.0. The van der Waals surface area contributed by atoms with Crippen molar-refractivity contribution in [2.24, 2.45) is 5.92 Å². The fourth-order valence-corrected chi connectivity index (χ4v) is 5.87. The number of carbonyl (C=O) groups excluding carboxylic acids is 1. The molecule has 6 nitrogen and oxygen atoms in total. The molecule has 0 atom stereocenters. The van der Waals surface area contributed by atoms with E-state index >= 15 is 0 Å². The maximum Gasteiger partial charge on any atom is 0.340 e. The minimum absolute atomic E-state index is 0.0730. The van der Waals surface area contributed by atoms with Crippen molar-refractivity contribution in [2.45, 2.75) is 6.04 Å². The summed E-state index contributed by atoms with van der Waals surface area (Å²) >= 11 is 12.1. The molecule has 0 spiro atoms. The average molecular weight is 537 g/mol. The summed E-state index contributed by atoms with van der Waals surface area (Å²) in [6, 6.07) is 18.5. The molecule has 3 aromatic carbocycles. The number of anilines is 1. The van der Waals surface area contributed by atoms with Gasteiger partial charge in [0.05, 0.1) is 24.5 Å². The van der Waals surface area contributed by atoms with Crippen LogP contribution in [-0.4, -0.2) is 45.2 Å². The number of carbonyl (C=O) groups is 1. The lowest BCUT2D eigenvalue weighted by atomic mass is 9.91. The fraction of sp³-hybridized carbons (Fsp3) is 0.240. The zero-order chi connectivity index (χ0) is 25.2. The first-order chi connectivity index (χ1) is 16.6. The number of esters is 1. The van der Waals surface area contributed by atoms with Gasteiger partial charge < -0.3 is 4.74 Å². The van der Waals surface area contributed by atoms with Gasteiger partial charge in [-0.1, -0.05) is 47.5 Å². The van der Waals surface area contributed by atoms with Gasteiger partial charge >= 0.3 is 5.97 Å². The number of nitrogens with one attached hydrogen (secondary N) is 1. The Morgan fingerprint density at radius 2 is 1.57 bits per heavy atom. The van der Waals surface area contributed by atoms with Crippen molar-refractivity contribution >= 4 is 44.9 Å². The predicted molar refractivity (Wildman–Crippen MR) is 135 cm³/mol. The third kappa shape index (κ3) is 6.13. The van der Waals surface area contributed by atoms with Gasteiger partial charge in [0.15, 0.2) is 0 Å². The van der Waals surface area contributed by atoms with Gasteiger partial charge in [-0.3, -0.25) is 9.62 Å². The smallest absolute Gasteiger partial charge is 0.340 e. The number of methoxy groups -OCH3 is 1. The molecule has 10 heteroatoms. The van der Waals surface area contributed by atoms with E-state index in [0.717, 1.165) is 30.4 Å². The average Bonchev–Trinajstić information content (AvgIpc) is 2.80. The lowest BCUT2D eigenvalue weighted by Crippen LogP contribution is -2.51. The highest BCUT2D eigenvalue weighted by Gasteiger charge is 2.36. The summed E-state index contributed by atoms with van der Waals surface area (Å²) in [5, 5.41) is 1.27. The van der Waals surface area contributed by atoms with Crippen LogP contribution in [0.3, 0.4) is 0 Å². The molecule has 1 N–H and O–H groups in total. The lowest BCUT2D eigenvalue weighted by molar-refractivity contribution is 0.0595. The number of rotatable bonds is 8. The van der Waals surface area contributed by atoms with E-state index in [0.29, 0.717) is 23.1 Å². The van der Waals surface area contributed by atoms with Gasteiger partial charge in [0.2, 0.25) is 10.0 Å².